The summed E-state index contributed by atoms with van der Waals surface area (Å²) in [5.74, 6) is 0.989. The van der Waals surface area contributed by atoms with Crippen LogP contribution in [-0.4, -0.2) is 30.6 Å². The lowest BCUT2D eigenvalue weighted by Crippen LogP contribution is -2.25. The van der Waals surface area contributed by atoms with Crippen LogP contribution >= 0.6 is 0 Å². The van der Waals surface area contributed by atoms with E-state index < -0.39 is 10.0 Å². The summed E-state index contributed by atoms with van der Waals surface area (Å²) in [6, 6.07) is 8.79. The number of benzene rings is 1. The molecule has 0 aliphatic heterocycles. The number of nitrogens with zero attached hydrogens (tertiary/aromatic N) is 1. The summed E-state index contributed by atoms with van der Waals surface area (Å²) in [4.78, 5) is 12.6. The first-order valence-electron chi connectivity index (χ1n) is 11.0. The van der Waals surface area contributed by atoms with Gasteiger partial charge in [0.15, 0.2) is 5.82 Å². The number of amides is 1. The lowest BCUT2D eigenvalue weighted by molar-refractivity contribution is -0.116. The third-order valence-electron chi connectivity index (χ3n) is 5.93. The molecular weight excluding hydrogens is 400 g/mol. The molecule has 2 fully saturated rings. The van der Waals surface area contributed by atoms with E-state index >= 15 is 0 Å². The SMILES string of the molecule is O=C(CCc1ccc(S(=O)(=O)NC2CC2)cc1)Nc1cc(C2CCCCCC2)[nH]n1. The molecule has 0 saturated heterocycles. The molecule has 2 saturated carbocycles. The number of aromatic amines is 1. The van der Waals surface area contributed by atoms with Crippen molar-refractivity contribution in [2.45, 2.75) is 81.1 Å². The number of carbonyl (C=O) groups excluding carboxylic acids is 1. The average Bonchev–Trinajstić information content (AvgIpc) is 3.48. The van der Waals surface area contributed by atoms with Crippen molar-refractivity contribution in [1.82, 2.24) is 14.9 Å². The predicted octanol–water partition coefficient (Wildman–Crippen LogP) is 3.86. The number of aryl methyl sites for hydroxylation is 1. The van der Waals surface area contributed by atoms with Gasteiger partial charge in [-0.15, -0.1) is 0 Å². The monoisotopic (exact) mass is 430 g/mol. The zero-order chi connectivity index (χ0) is 21.0. The van der Waals surface area contributed by atoms with Gasteiger partial charge in [-0.25, -0.2) is 13.1 Å². The van der Waals surface area contributed by atoms with E-state index in [1.54, 1.807) is 24.3 Å². The lowest BCUT2D eigenvalue weighted by atomic mass is 9.97. The second-order valence-corrected chi connectivity index (χ2v) is 10.2. The van der Waals surface area contributed by atoms with Gasteiger partial charge in [0, 0.05) is 30.1 Å². The third-order valence-corrected chi connectivity index (χ3v) is 7.47. The van der Waals surface area contributed by atoms with Crippen LogP contribution in [0.5, 0.6) is 0 Å². The molecule has 0 bridgehead atoms. The predicted molar refractivity (Wildman–Crippen MR) is 116 cm³/mol. The van der Waals surface area contributed by atoms with Crippen LogP contribution in [0.25, 0.3) is 0 Å². The van der Waals surface area contributed by atoms with Crippen LogP contribution in [0.2, 0.25) is 0 Å². The zero-order valence-corrected chi connectivity index (χ0v) is 18.0. The largest absolute Gasteiger partial charge is 0.309 e. The number of anilines is 1. The van der Waals surface area contributed by atoms with Gasteiger partial charge in [0.05, 0.1) is 4.90 Å². The van der Waals surface area contributed by atoms with Crippen LogP contribution in [0.15, 0.2) is 35.2 Å². The number of sulfonamides is 1. The van der Waals surface area contributed by atoms with Crippen molar-refractivity contribution in [3.63, 3.8) is 0 Å². The maximum Gasteiger partial charge on any atom is 0.240 e. The molecule has 1 aromatic carbocycles. The standard InChI is InChI=1S/C22H30N4O3S/c27-22(23-21-15-20(24-25-21)17-5-3-1-2-4-6-17)14-9-16-7-12-19(13-8-16)30(28,29)26-18-10-11-18/h7-8,12-13,15,17-18,26H,1-6,9-11,14H2,(H2,23,24,25,27). The highest BCUT2D eigenvalue weighted by atomic mass is 32.2. The van der Waals surface area contributed by atoms with E-state index in [1.807, 2.05) is 6.07 Å². The van der Waals surface area contributed by atoms with Crippen molar-refractivity contribution in [3.05, 3.63) is 41.6 Å². The van der Waals surface area contributed by atoms with Gasteiger partial charge < -0.3 is 5.32 Å². The third kappa shape index (κ3) is 5.70. The lowest BCUT2D eigenvalue weighted by Gasteiger charge is -2.10. The minimum atomic E-state index is -3.44. The van der Waals surface area contributed by atoms with Gasteiger partial charge in [-0.1, -0.05) is 37.8 Å². The molecule has 2 aromatic rings. The number of aromatic nitrogens is 2. The van der Waals surface area contributed by atoms with E-state index in [-0.39, 0.29) is 16.8 Å². The van der Waals surface area contributed by atoms with E-state index in [2.05, 4.69) is 20.2 Å². The van der Waals surface area contributed by atoms with Gasteiger partial charge in [0.1, 0.15) is 0 Å². The van der Waals surface area contributed by atoms with Gasteiger partial charge in [-0.3, -0.25) is 9.89 Å². The fourth-order valence-electron chi connectivity index (χ4n) is 3.99. The molecule has 2 aliphatic carbocycles. The normalized spacial score (nSPS) is 18.1. The molecule has 2 aliphatic rings. The molecule has 8 heteroatoms. The molecule has 7 nitrogen and oxygen atoms in total. The molecule has 0 atom stereocenters. The van der Waals surface area contributed by atoms with Crippen molar-refractivity contribution >= 4 is 21.7 Å². The number of hydrogen-bond acceptors (Lipinski definition) is 4. The molecule has 162 valence electrons. The number of hydrogen-bond donors (Lipinski definition) is 3. The second kappa shape index (κ2) is 9.31. The highest BCUT2D eigenvalue weighted by Gasteiger charge is 2.27. The average molecular weight is 431 g/mol. The Bertz CT molecular complexity index is 957. The Balaban J connectivity index is 1.26. The first-order valence-corrected chi connectivity index (χ1v) is 12.4. The Morgan fingerprint density at radius 2 is 1.73 bits per heavy atom. The summed E-state index contributed by atoms with van der Waals surface area (Å²) in [7, 11) is -3.44. The second-order valence-electron chi connectivity index (χ2n) is 8.48. The molecule has 1 aromatic heterocycles. The van der Waals surface area contributed by atoms with Crippen LogP contribution in [0.1, 0.15) is 75.0 Å². The smallest absolute Gasteiger partial charge is 0.240 e. The number of H-pyrrole nitrogens is 1. The molecule has 3 N–H and O–H groups in total. The van der Waals surface area contributed by atoms with Crippen LogP contribution in [0.3, 0.4) is 0 Å². The number of nitrogens with one attached hydrogen (secondary N) is 3. The molecule has 0 radical (unpaired) electrons. The van der Waals surface area contributed by atoms with Crippen LogP contribution in [-0.2, 0) is 21.2 Å². The summed E-state index contributed by atoms with van der Waals surface area (Å²) in [5.41, 5.74) is 2.04. The van der Waals surface area contributed by atoms with Crippen molar-refractivity contribution in [2.24, 2.45) is 0 Å². The van der Waals surface area contributed by atoms with Gasteiger partial charge in [-0.2, -0.15) is 5.10 Å². The maximum absolute atomic E-state index is 12.3. The molecule has 4 rings (SSSR count). The minimum absolute atomic E-state index is 0.0866. The number of rotatable bonds is 8. The zero-order valence-electron chi connectivity index (χ0n) is 17.2. The summed E-state index contributed by atoms with van der Waals surface area (Å²) in [5, 5.41) is 10.2. The van der Waals surface area contributed by atoms with Crippen LogP contribution in [0, 0.1) is 0 Å². The first-order chi connectivity index (χ1) is 14.5. The van der Waals surface area contributed by atoms with Crippen molar-refractivity contribution in [3.8, 4) is 0 Å². The molecule has 0 unspecified atom stereocenters. The van der Waals surface area contributed by atoms with E-state index in [0.717, 1.165) is 24.1 Å². The van der Waals surface area contributed by atoms with Crippen LogP contribution < -0.4 is 10.0 Å². The summed E-state index contributed by atoms with van der Waals surface area (Å²) in [6.07, 6.45) is 10.1. The van der Waals surface area contributed by atoms with E-state index in [4.69, 9.17) is 0 Å². The van der Waals surface area contributed by atoms with Gasteiger partial charge >= 0.3 is 0 Å². The van der Waals surface area contributed by atoms with Gasteiger partial charge in [0.2, 0.25) is 15.9 Å². The Morgan fingerprint density at radius 1 is 1.03 bits per heavy atom. The Labute approximate surface area is 178 Å². The topological polar surface area (TPSA) is 104 Å². The van der Waals surface area contributed by atoms with Crippen molar-refractivity contribution < 1.29 is 13.2 Å². The van der Waals surface area contributed by atoms with Gasteiger partial charge in [0.25, 0.3) is 0 Å². The van der Waals surface area contributed by atoms with Crippen LogP contribution in [0.4, 0.5) is 5.82 Å². The fraction of sp³-hybridized carbons (Fsp3) is 0.545. The Hall–Kier alpha value is -2.19. The maximum atomic E-state index is 12.3. The van der Waals surface area contributed by atoms with E-state index in [9.17, 15) is 13.2 Å². The highest BCUT2D eigenvalue weighted by Crippen LogP contribution is 2.31. The first kappa shape index (κ1) is 21.1. The molecule has 0 spiro atoms. The number of carbonyl (C=O) groups is 1. The fourth-order valence-corrected chi connectivity index (χ4v) is 5.29. The summed E-state index contributed by atoms with van der Waals surface area (Å²) in [6.45, 7) is 0. The summed E-state index contributed by atoms with van der Waals surface area (Å²) < 4.78 is 27.1. The molecule has 1 amide bonds. The Kier molecular flexibility index (Phi) is 6.53. The van der Waals surface area contributed by atoms with Gasteiger partial charge in [-0.05, 0) is 49.8 Å². The summed E-state index contributed by atoms with van der Waals surface area (Å²) >= 11 is 0. The minimum Gasteiger partial charge on any atom is -0.309 e. The van der Waals surface area contributed by atoms with E-state index in [0.29, 0.717) is 24.6 Å². The Morgan fingerprint density at radius 3 is 2.40 bits per heavy atom. The molecular formula is C22H30N4O3S. The quantitative estimate of drug-likeness (QED) is 0.553. The van der Waals surface area contributed by atoms with Crippen molar-refractivity contribution in [2.75, 3.05) is 5.32 Å². The molecule has 30 heavy (non-hydrogen) atoms. The molecule has 1 heterocycles. The van der Waals surface area contributed by atoms with Crippen molar-refractivity contribution in [1.29, 1.82) is 0 Å². The highest BCUT2D eigenvalue weighted by molar-refractivity contribution is 7.89. The van der Waals surface area contributed by atoms with E-state index in [1.165, 1.54) is 38.5 Å².